The second kappa shape index (κ2) is 4.88. The van der Waals surface area contributed by atoms with Crippen LogP contribution in [0.15, 0.2) is 0 Å². The average molecular weight is 182 g/mol. The highest BCUT2D eigenvalue weighted by molar-refractivity contribution is 5.86. The molecule has 3 nitrogen and oxygen atoms in total. The van der Waals surface area contributed by atoms with E-state index < -0.39 is 5.97 Å². The van der Waals surface area contributed by atoms with Gasteiger partial charge in [-0.1, -0.05) is 5.92 Å². The molecule has 0 saturated heterocycles. The molecule has 1 aliphatic carbocycles. The zero-order valence-corrected chi connectivity index (χ0v) is 7.75. The van der Waals surface area contributed by atoms with Gasteiger partial charge in [-0.3, -0.25) is 0 Å². The fourth-order valence-corrected chi connectivity index (χ4v) is 1.48. The van der Waals surface area contributed by atoms with Crippen molar-refractivity contribution < 1.29 is 14.6 Å². The van der Waals surface area contributed by atoms with E-state index in [0.29, 0.717) is 18.4 Å². The first kappa shape index (κ1) is 10.1. The molecule has 1 aliphatic rings. The van der Waals surface area contributed by atoms with Crippen molar-refractivity contribution in [2.24, 2.45) is 5.92 Å². The molecule has 0 radical (unpaired) electrons. The largest absolute Gasteiger partial charge is 0.472 e. The number of aliphatic carboxylic acids is 1. The van der Waals surface area contributed by atoms with Gasteiger partial charge in [0.05, 0.1) is 6.10 Å². The highest BCUT2D eigenvalue weighted by Crippen LogP contribution is 2.32. The van der Waals surface area contributed by atoms with E-state index in [1.165, 1.54) is 0 Å². The molecule has 0 aromatic rings. The van der Waals surface area contributed by atoms with Gasteiger partial charge in [0.1, 0.15) is 0 Å². The summed E-state index contributed by atoms with van der Waals surface area (Å²) < 4.78 is 5.37. The molecule has 0 aromatic heterocycles. The molecule has 0 heterocycles. The van der Waals surface area contributed by atoms with Crippen molar-refractivity contribution in [2.75, 3.05) is 6.61 Å². The highest BCUT2D eigenvalue weighted by atomic mass is 16.5. The molecule has 0 amide bonds. The smallest absolute Gasteiger partial charge is 0.381 e. The van der Waals surface area contributed by atoms with Gasteiger partial charge in [0.15, 0.2) is 0 Å². The number of hydrogen-bond acceptors (Lipinski definition) is 2. The third-order valence-corrected chi connectivity index (χ3v) is 2.18. The van der Waals surface area contributed by atoms with Gasteiger partial charge in [-0.15, -0.1) is 0 Å². The Labute approximate surface area is 78.1 Å². The zero-order chi connectivity index (χ0) is 9.68. The van der Waals surface area contributed by atoms with Crippen LogP contribution in [0.4, 0.5) is 0 Å². The van der Waals surface area contributed by atoms with Crippen LogP contribution in [0.25, 0.3) is 0 Å². The summed E-state index contributed by atoms with van der Waals surface area (Å²) >= 11 is 0. The first-order valence-corrected chi connectivity index (χ1v) is 4.55. The number of carbonyl (C=O) groups is 1. The SMILES string of the molecule is CCOC1CC(CC#CC(=O)O)C1. The second-order valence-electron chi connectivity index (χ2n) is 3.23. The van der Waals surface area contributed by atoms with Gasteiger partial charge in [0, 0.05) is 18.9 Å². The lowest BCUT2D eigenvalue weighted by molar-refractivity contribution is -0.130. The second-order valence-corrected chi connectivity index (χ2v) is 3.23. The molecule has 3 heteroatoms. The number of carboxylic acids is 1. The van der Waals surface area contributed by atoms with Crippen molar-refractivity contribution in [2.45, 2.75) is 32.3 Å². The molecule has 1 rings (SSSR count). The molecule has 0 aromatic carbocycles. The van der Waals surface area contributed by atoms with E-state index in [-0.39, 0.29) is 0 Å². The summed E-state index contributed by atoms with van der Waals surface area (Å²) in [5.74, 6) is 4.27. The van der Waals surface area contributed by atoms with Crippen molar-refractivity contribution in [3.8, 4) is 11.8 Å². The van der Waals surface area contributed by atoms with Gasteiger partial charge in [-0.05, 0) is 25.7 Å². The van der Waals surface area contributed by atoms with Crippen LogP contribution in [0.5, 0.6) is 0 Å². The summed E-state index contributed by atoms with van der Waals surface area (Å²) in [6, 6.07) is 0. The summed E-state index contributed by atoms with van der Waals surface area (Å²) in [6.07, 6.45) is 3.14. The minimum atomic E-state index is -1.04. The van der Waals surface area contributed by atoms with Gasteiger partial charge >= 0.3 is 5.97 Å². The highest BCUT2D eigenvalue weighted by Gasteiger charge is 2.28. The topological polar surface area (TPSA) is 46.5 Å². The van der Waals surface area contributed by atoms with E-state index in [1.807, 2.05) is 6.92 Å². The van der Waals surface area contributed by atoms with Gasteiger partial charge < -0.3 is 9.84 Å². The fourth-order valence-electron chi connectivity index (χ4n) is 1.48. The molecule has 1 saturated carbocycles. The third kappa shape index (κ3) is 3.47. The van der Waals surface area contributed by atoms with E-state index >= 15 is 0 Å². The molecule has 0 atom stereocenters. The molecule has 1 fully saturated rings. The zero-order valence-electron chi connectivity index (χ0n) is 7.75. The Morgan fingerprint density at radius 3 is 2.85 bits per heavy atom. The maximum atomic E-state index is 10.1. The van der Waals surface area contributed by atoms with Gasteiger partial charge in [-0.25, -0.2) is 4.79 Å². The third-order valence-electron chi connectivity index (χ3n) is 2.18. The van der Waals surface area contributed by atoms with E-state index in [9.17, 15) is 4.79 Å². The molecule has 0 unspecified atom stereocenters. The fraction of sp³-hybridized carbons (Fsp3) is 0.700. The first-order valence-electron chi connectivity index (χ1n) is 4.55. The average Bonchev–Trinajstić information content (AvgIpc) is 1.99. The monoisotopic (exact) mass is 182 g/mol. The summed E-state index contributed by atoms with van der Waals surface area (Å²) in [5.41, 5.74) is 0. The Hall–Kier alpha value is -1.01. The summed E-state index contributed by atoms with van der Waals surface area (Å²) in [5, 5.41) is 8.26. The Morgan fingerprint density at radius 2 is 2.31 bits per heavy atom. The van der Waals surface area contributed by atoms with Crippen LogP contribution in [0.2, 0.25) is 0 Å². The molecule has 13 heavy (non-hydrogen) atoms. The lowest BCUT2D eigenvalue weighted by atomic mass is 9.80. The molecule has 0 bridgehead atoms. The Kier molecular flexibility index (Phi) is 3.78. The maximum Gasteiger partial charge on any atom is 0.381 e. The summed E-state index contributed by atoms with van der Waals surface area (Å²) in [4.78, 5) is 10.1. The lowest BCUT2D eigenvalue weighted by Crippen LogP contribution is -2.30. The molecular weight excluding hydrogens is 168 g/mol. The van der Waals surface area contributed by atoms with Crippen molar-refractivity contribution in [3.63, 3.8) is 0 Å². The minimum Gasteiger partial charge on any atom is -0.472 e. The number of hydrogen-bond donors (Lipinski definition) is 1. The summed E-state index contributed by atoms with van der Waals surface area (Å²) in [6.45, 7) is 2.75. The van der Waals surface area contributed by atoms with Crippen LogP contribution in [0, 0.1) is 17.8 Å². The van der Waals surface area contributed by atoms with Gasteiger partial charge in [-0.2, -0.15) is 0 Å². The predicted octanol–water partition coefficient (Wildman–Crippen LogP) is 1.28. The van der Waals surface area contributed by atoms with Crippen LogP contribution < -0.4 is 0 Å². The molecule has 1 N–H and O–H groups in total. The Bertz CT molecular complexity index is 230. The molecular formula is C10H14O3. The molecule has 72 valence electrons. The molecule has 0 spiro atoms. The predicted molar refractivity (Wildman–Crippen MR) is 48.2 cm³/mol. The number of rotatable bonds is 3. The van der Waals surface area contributed by atoms with E-state index in [4.69, 9.17) is 9.84 Å². The normalized spacial score (nSPS) is 25.6. The van der Waals surface area contributed by atoms with Crippen LogP contribution in [0.1, 0.15) is 26.2 Å². The Morgan fingerprint density at radius 1 is 1.62 bits per heavy atom. The van der Waals surface area contributed by atoms with E-state index in [0.717, 1.165) is 19.4 Å². The maximum absolute atomic E-state index is 10.1. The standard InChI is InChI=1S/C10H14O3/c1-2-13-9-6-8(7-9)4-3-5-10(11)12/h8-9H,2,4,6-7H2,1H3,(H,11,12). The van der Waals surface area contributed by atoms with Crippen LogP contribution in [-0.4, -0.2) is 23.8 Å². The summed E-state index contributed by atoms with van der Waals surface area (Å²) in [7, 11) is 0. The number of ether oxygens (including phenoxy) is 1. The first-order chi connectivity index (χ1) is 6.22. The lowest BCUT2D eigenvalue weighted by Gasteiger charge is -2.33. The van der Waals surface area contributed by atoms with Crippen LogP contribution >= 0.6 is 0 Å². The minimum absolute atomic E-state index is 0.390. The molecule has 0 aliphatic heterocycles. The number of carboxylic acid groups (broad SMARTS) is 1. The van der Waals surface area contributed by atoms with E-state index in [2.05, 4.69) is 11.8 Å². The van der Waals surface area contributed by atoms with E-state index in [1.54, 1.807) is 0 Å². The van der Waals surface area contributed by atoms with Crippen LogP contribution in [-0.2, 0) is 9.53 Å². The van der Waals surface area contributed by atoms with Crippen molar-refractivity contribution >= 4 is 5.97 Å². The van der Waals surface area contributed by atoms with Gasteiger partial charge in [0.2, 0.25) is 0 Å². The van der Waals surface area contributed by atoms with Crippen molar-refractivity contribution in [1.82, 2.24) is 0 Å². The van der Waals surface area contributed by atoms with Crippen molar-refractivity contribution in [3.05, 3.63) is 0 Å². The Balaban J connectivity index is 2.09. The van der Waals surface area contributed by atoms with Gasteiger partial charge in [0.25, 0.3) is 0 Å². The van der Waals surface area contributed by atoms with Crippen molar-refractivity contribution in [1.29, 1.82) is 0 Å². The quantitative estimate of drug-likeness (QED) is 0.669. The van der Waals surface area contributed by atoms with Crippen LogP contribution in [0.3, 0.4) is 0 Å².